The predicted molar refractivity (Wildman–Crippen MR) is 74.5 cm³/mol. The second kappa shape index (κ2) is 5.95. The van der Waals surface area contributed by atoms with Gasteiger partial charge in [-0.25, -0.2) is 0 Å². The monoisotopic (exact) mass is 306 g/mol. The highest BCUT2D eigenvalue weighted by Crippen LogP contribution is 2.34. The highest BCUT2D eigenvalue weighted by Gasteiger charge is 2.30. The summed E-state index contributed by atoms with van der Waals surface area (Å²) in [6.07, 6.45) is -4.42. The molecule has 1 rings (SSSR count). The molecule has 3 nitrogen and oxygen atoms in total. The van der Waals surface area contributed by atoms with E-state index in [9.17, 15) is 18.0 Å². The van der Waals surface area contributed by atoms with Gasteiger partial charge in [-0.05, 0) is 39.0 Å². The van der Waals surface area contributed by atoms with Crippen LogP contribution in [-0.4, -0.2) is 17.2 Å². The van der Waals surface area contributed by atoms with Gasteiger partial charge in [0.25, 0.3) is 0 Å². The second-order valence-electron chi connectivity index (χ2n) is 5.34. The lowest BCUT2D eigenvalue weighted by atomic mass is 10.1. The average molecular weight is 306 g/mol. The Morgan fingerprint density at radius 1 is 1.30 bits per heavy atom. The Morgan fingerprint density at radius 3 is 2.35 bits per heavy atom. The summed E-state index contributed by atoms with van der Waals surface area (Å²) in [6, 6.07) is 3.12. The molecule has 0 atom stereocenters. The van der Waals surface area contributed by atoms with E-state index < -0.39 is 11.7 Å². The van der Waals surface area contributed by atoms with Crippen LogP contribution in [0.15, 0.2) is 23.1 Å². The number of anilines is 1. The molecule has 0 aliphatic carbocycles. The molecule has 0 radical (unpaired) electrons. The zero-order chi connectivity index (χ0) is 15.6. The van der Waals surface area contributed by atoms with E-state index in [4.69, 9.17) is 5.73 Å². The summed E-state index contributed by atoms with van der Waals surface area (Å²) in [4.78, 5) is 12.1. The molecule has 0 bridgehead atoms. The molecule has 20 heavy (non-hydrogen) atoms. The Kier molecular flexibility index (Phi) is 4.96. The molecule has 3 N–H and O–H groups in total. The Labute approximate surface area is 120 Å². The maximum atomic E-state index is 12.5. The van der Waals surface area contributed by atoms with Gasteiger partial charge in [0.15, 0.2) is 0 Å². The van der Waals surface area contributed by atoms with Crippen molar-refractivity contribution in [1.29, 1.82) is 0 Å². The lowest BCUT2D eigenvalue weighted by molar-refractivity contribution is -0.137. The summed E-state index contributed by atoms with van der Waals surface area (Å²) in [6.45, 7) is 5.55. The molecule has 0 aliphatic rings. The van der Waals surface area contributed by atoms with Crippen molar-refractivity contribution in [1.82, 2.24) is 5.32 Å². The van der Waals surface area contributed by atoms with Crippen molar-refractivity contribution in [3.8, 4) is 0 Å². The van der Waals surface area contributed by atoms with Crippen LogP contribution in [0, 0.1) is 0 Å². The van der Waals surface area contributed by atoms with Crippen molar-refractivity contribution in [2.24, 2.45) is 0 Å². The van der Waals surface area contributed by atoms with Crippen LogP contribution in [-0.2, 0) is 11.0 Å². The minimum atomic E-state index is -4.42. The average Bonchev–Trinajstić information content (AvgIpc) is 2.23. The fraction of sp³-hybridized carbons (Fsp3) is 0.462. The van der Waals surface area contributed by atoms with Crippen molar-refractivity contribution in [3.63, 3.8) is 0 Å². The van der Waals surface area contributed by atoms with Crippen molar-refractivity contribution in [3.05, 3.63) is 23.8 Å². The highest BCUT2D eigenvalue weighted by atomic mass is 32.2. The number of amides is 1. The van der Waals surface area contributed by atoms with Crippen LogP contribution in [0.1, 0.15) is 26.3 Å². The lowest BCUT2D eigenvalue weighted by Crippen LogP contribution is -2.41. The van der Waals surface area contributed by atoms with Crippen LogP contribution in [0.25, 0.3) is 0 Å². The van der Waals surface area contributed by atoms with Gasteiger partial charge in [-0.2, -0.15) is 13.2 Å². The quantitative estimate of drug-likeness (QED) is 0.665. The number of hydrogen-bond donors (Lipinski definition) is 2. The topological polar surface area (TPSA) is 55.1 Å². The number of thioether (sulfide) groups is 1. The summed E-state index contributed by atoms with van der Waals surface area (Å²) < 4.78 is 37.4. The molecule has 0 spiro atoms. The molecule has 112 valence electrons. The van der Waals surface area contributed by atoms with Gasteiger partial charge in [0.05, 0.1) is 11.3 Å². The summed E-state index contributed by atoms with van der Waals surface area (Å²) in [7, 11) is 0. The van der Waals surface area contributed by atoms with Crippen molar-refractivity contribution in [2.75, 3.05) is 11.5 Å². The Balaban J connectivity index is 2.68. The zero-order valence-corrected chi connectivity index (χ0v) is 12.3. The fourth-order valence-electron chi connectivity index (χ4n) is 1.45. The molecular formula is C13H17F3N2OS. The highest BCUT2D eigenvalue weighted by molar-refractivity contribution is 8.00. The molecule has 0 aromatic heterocycles. The minimum absolute atomic E-state index is 0.0217. The van der Waals surface area contributed by atoms with Crippen molar-refractivity contribution in [2.45, 2.75) is 37.4 Å². The number of alkyl halides is 3. The molecule has 0 heterocycles. The van der Waals surface area contributed by atoms with Crippen LogP contribution < -0.4 is 11.1 Å². The largest absolute Gasteiger partial charge is 0.416 e. The van der Waals surface area contributed by atoms with E-state index in [0.717, 1.165) is 23.9 Å². The number of carbonyl (C=O) groups excluding carboxylic acids is 1. The smallest absolute Gasteiger partial charge is 0.398 e. The van der Waals surface area contributed by atoms with Gasteiger partial charge < -0.3 is 11.1 Å². The Bertz CT molecular complexity index is 495. The van der Waals surface area contributed by atoms with E-state index >= 15 is 0 Å². The fourth-order valence-corrected chi connectivity index (χ4v) is 2.20. The van der Waals surface area contributed by atoms with Gasteiger partial charge in [0.1, 0.15) is 0 Å². The SMILES string of the molecule is CC(C)(C)NC(=O)CSc1ccc(C(F)(F)F)cc1N. The number of halogens is 3. The van der Waals surface area contributed by atoms with Crippen molar-refractivity contribution < 1.29 is 18.0 Å². The van der Waals surface area contributed by atoms with E-state index in [1.165, 1.54) is 6.07 Å². The number of benzene rings is 1. The normalized spacial score (nSPS) is 12.3. The standard InChI is InChI=1S/C13H17F3N2OS/c1-12(2,3)18-11(19)7-20-10-5-4-8(6-9(10)17)13(14,15)16/h4-6H,7,17H2,1-3H3,(H,18,19). The van der Waals surface area contributed by atoms with Gasteiger partial charge in [-0.1, -0.05) is 0 Å². The van der Waals surface area contributed by atoms with Crippen LogP contribution in [0.3, 0.4) is 0 Å². The summed E-state index contributed by atoms with van der Waals surface area (Å²) in [5.74, 6) is -0.0888. The van der Waals surface area contributed by atoms with Crippen LogP contribution in [0.2, 0.25) is 0 Å². The number of carbonyl (C=O) groups is 1. The van der Waals surface area contributed by atoms with Gasteiger partial charge in [-0.15, -0.1) is 11.8 Å². The van der Waals surface area contributed by atoms with E-state index in [2.05, 4.69) is 5.32 Å². The molecule has 1 aromatic rings. The third kappa shape index (κ3) is 5.32. The lowest BCUT2D eigenvalue weighted by Gasteiger charge is -2.20. The van der Waals surface area contributed by atoms with Gasteiger partial charge >= 0.3 is 6.18 Å². The molecule has 0 fully saturated rings. The van der Waals surface area contributed by atoms with Crippen LogP contribution in [0.4, 0.5) is 18.9 Å². The maximum absolute atomic E-state index is 12.5. The molecule has 0 saturated carbocycles. The molecule has 0 saturated heterocycles. The van der Waals surface area contributed by atoms with Crippen LogP contribution in [0.5, 0.6) is 0 Å². The molecule has 7 heteroatoms. The molecular weight excluding hydrogens is 289 g/mol. The molecule has 1 amide bonds. The van der Waals surface area contributed by atoms with E-state index in [0.29, 0.717) is 4.90 Å². The summed E-state index contributed by atoms with van der Waals surface area (Å²) >= 11 is 1.11. The van der Waals surface area contributed by atoms with E-state index in [-0.39, 0.29) is 22.9 Å². The molecule has 0 unspecified atom stereocenters. The number of nitrogen functional groups attached to an aromatic ring is 1. The maximum Gasteiger partial charge on any atom is 0.416 e. The number of nitrogens with two attached hydrogens (primary N) is 1. The summed E-state index contributed by atoms with van der Waals surface area (Å²) in [5, 5.41) is 2.76. The number of hydrogen-bond acceptors (Lipinski definition) is 3. The Morgan fingerprint density at radius 2 is 1.90 bits per heavy atom. The Hall–Kier alpha value is -1.37. The first-order valence-electron chi connectivity index (χ1n) is 5.89. The molecule has 1 aromatic carbocycles. The van der Waals surface area contributed by atoms with Crippen LogP contribution >= 0.6 is 11.8 Å². The first kappa shape index (κ1) is 16.7. The third-order valence-corrected chi connectivity index (χ3v) is 3.30. The van der Waals surface area contributed by atoms with Gasteiger partial charge in [0, 0.05) is 16.1 Å². The number of rotatable bonds is 3. The first-order valence-corrected chi connectivity index (χ1v) is 6.88. The summed E-state index contributed by atoms with van der Waals surface area (Å²) in [5.41, 5.74) is 4.46. The second-order valence-corrected chi connectivity index (χ2v) is 6.35. The first-order chi connectivity index (χ1) is 8.99. The third-order valence-electron chi connectivity index (χ3n) is 2.21. The van der Waals surface area contributed by atoms with E-state index in [1.54, 1.807) is 0 Å². The van der Waals surface area contributed by atoms with Gasteiger partial charge in [0.2, 0.25) is 5.91 Å². The minimum Gasteiger partial charge on any atom is -0.398 e. The molecule has 0 aliphatic heterocycles. The van der Waals surface area contributed by atoms with Crippen molar-refractivity contribution >= 4 is 23.4 Å². The van der Waals surface area contributed by atoms with Gasteiger partial charge in [-0.3, -0.25) is 4.79 Å². The number of nitrogens with one attached hydrogen (secondary N) is 1. The van der Waals surface area contributed by atoms with E-state index in [1.807, 2.05) is 20.8 Å². The zero-order valence-electron chi connectivity index (χ0n) is 11.5. The predicted octanol–water partition coefficient (Wildman–Crippen LogP) is 3.29.